The van der Waals surface area contributed by atoms with Crippen molar-refractivity contribution < 1.29 is 0 Å². The summed E-state index contributed by atoms with van der Waals surface area (Å²) in [6.07, 6.45) is 2.76. The second-order valence-electron chi connectivity index (χ2n) is 2.14. The molecule has 1 aromatic rings. The zero-order chi connectivity index (χ0) is 7.72. The third kappa shape index (κ3) is 1.23. The van der Waals surface area contributed by atoms with E-state index in [1.807, 2.05) is 6.92 Å². The van der Waals surface area contributed by atoms with Crippen molar-refractivity contribution in [2.24, 2.45) is 0 Å². The smallest absolute Gasteiger partial charge is 0.252 e. The van der Waals surface area contributed by atoms with Gasteiger partial charge in [0.25, 0.3) is 5.56 Å². The second-order valence-corrected chi connectivity index (χ2v) is 3.22. The van der Waals surface area contributed by atoms with Crippen LogP contribution in [0.2, 0.25) is 0 Å². The fourth-order valence-electron chi connectivity index (χ4n) is 0.680. The Kier molecular flexibility index (Phi) is 2.13. The van der Waals surface area contributed by atoms with Gasteiger partial charge in [0, 0.05) is 9.13 Å². The highest BCUT2D eigenvalue weighted by atomic mass is 127. The van der Waals surface area contributed by atoms with Crippen LogP contribution in [0, 0.1) is 23.6 Å². The number of pyridine rings is 1. The van der Waals surface area contributed by atoms with Gasteiger partial charge in [0.05, 0.1) is 6.20 Å². The SMILES string of the molecule is Cc1[c][nH]c(=O)c(C)c1I. The molecule has 1 aromatic heterocycles. The highest BCUT2D eigenvalue weighted by molar-refractivity contribution is 14.1. The van der Waals surface area contributed by atoms with E-state index in [0.717, 1.165) is 14.7 Å². The molecule has 0 atom stereocenters. The van der Waals surface area contributed by atoms with E-state index < -0.39 is 0 Å². The normalized spacial score (nSPS) is 9.90. The highest BCUT2D eigenvalue weighted by Crippen LogP contribution is 2.09. The molecule has 0 bridgehead atoms. The molecular weight excluding hydrogens is 241 g/mol. The van der Waals surface area contributed by atoms with Gasteiger partial charge in [0.1, 0.15) is 0 Å². The van der Waals surface area contributed by atoms with Crippen molar-refractivity contribution in [1.82, 2.24) is 4.98 Å². The number of rotatable bonds is 0. The van der Waals surface area contributed by atoms with Gasteiger partial charge >= 0.3 is 0 Å². The van der Waals surface area contributed by atoms with Crippen LogP contribution in [0.5, 0.6) is 0 Å². The fourth-order valence-corrected chi connectivity index (χ4v) is 1.06. The van der Waals surface area contributed by atoms with Gasteiger partial charge in [-0.3, -0.25) is 4.79 Å². The number of nitrogens with one attached hydrogen (secondary N) is 1. The topological polar surface area (TPSA) is 32.9 Å². The Bertz CT molecular complexity index is 303. The highest BCUT2D eigenvalue weighted by Gasteiger charge is 2.00. The molecule has 0 saturated carbocycles. The monoisotopic (exact) mass is 248 g/mol. The number of aryl methyl sites for hydroxylation is 1. The van der Waals surface area contributed by atoms with Crippen molar-refractivity contribution in [2.45, 2.75) is 13.8 Å². The molecule has 1 rings (SSSR count). The molecule has 1 N–H and O–H groups in total. The maximum absolute atomic E-state index is 10.9. The third-order valence-electron chi connectivity index (χ3n) is 1.36. The van der Waals surface area contributed by atoms with Gasteiger partial charge in [-0.15, -0.1) is 0 Å². The molecule has 10 heavy (non-hydrogen) atoms. The second kappa shape index (κ2) is 2.74. The first kappa shape index (κ1) is 7.78. The van der Waals surface area contributed by atoms with Gasteiger partial charge in [-0.05, 0) is 42.0 Å². The zero-order valence-electron chi connectivity index (χ0n) is 5.79. The Balaban J connectivity index is 3.49. The number of halogens is 1. The van der Waals surface area contributed by atoms with Gasteiger partial charge in [-0.2, -0.15) is 0 Å². The average molecular weight is 248 g/mol. The van der Waals surface area contributed by atoms with E-state index in [9.17, 15) is 4.79 Å². The van der Waals surface area contributed by atoms with E-state index in [4.69, 9.17) is 0 Å². The van der Waals surface area contributed by atoms with Crippen LogP contribution in [0.25, 0.3) is 0 Å². The lowest BCUT2D eigenvalue weighted by molar-refractivity contribution is 1.12. The predicted molar refractivity (Wildman–Crippen MR) is 48.1 cm³/mol. The van der Waals surface area contributed by atoms with E-state index in [-0.39, 0.29) is 5.56 Å². The van der Waals surface area contributed by atoms with E-state index in [1.165, 1.54) is 0 Å². The predicted octanol–water partition coefficient (Wildman–Crippen LogP) is 1.40. The van der Waals surface area contributed by atoms with Crippen LogP contribution in [0.4, 0.5) is 0 Å². The van der Waals surface area contributed by atoms with Crippen molar-refractivity contribution in [3.05, 3.63) is 31.2 Å². The summed E-state index contributed by atoms with van der Waals surface area (Å²) in [6, 6.07) is 0. The summed E-state index contributed by atoms with van der Waals surface area (Å²) in [5, 5.41) is 0. The lowest BCUT2D eigenvalue weighted by Gasteiger charge is -1.97. The van der Waals surface area contributed by atoms with Gasteiger partial charge in [-0.1, -0.05) is 0 Å². The standard InChI is InChI=1S/C7H7INO/c1-4-3-9-7(10)5(2)6(4)8/h1-2H3,(H,9,10). The van der Waals surface area contributed by atoms with Crippen LogP contribution in [0.15, 0.2) is 4.79 Å². The summed E-state index contributed by atoms with van der Waals surface area (Å²) < 4.78 is 1.00. The van der Waals surface area contributed by atoms with Crippen molar-refractivity contribution in [3.63, 3.8) is 0 Å². The minimum absolute atomic E-state index is 0.0463. The Labute approximate surface area is 72.8 Å². The van der Waals surface area contributed by atoms with Crippen LogP contribution in [-0.4, -0.2) is 4.98 Å². The molecule has 0 saturated heterocycles. The van der Waals surface area contributed by atoms with Crippen LogP contribution < -0.4 is 5.56 Å². The van der Waals surface area contributed by atoms with Crippen molar-refractivity contribution in [2.75, 3.05) is 0 Å². The lowest BCUT2D eigenvalue weighted by atomic mass is 10.2. The molecule has 0 spiro atoms. The largest absolute Gasteiger partial charge is 0.320 e. The molecule has 2 nitrogen and oxygen atoms in total. The maximum Gasteiger partial charge on any atom is 0.252 e. The Hall–Kier alpha value is -0.320. The molecule has 1 radical (unpaired) electrons. The molecule has 1 heterocycles. The third-order valence-corrected chi connectivity index (χ3v) is 2.98. The zero-order valence-corrected chi connectivity index (χ0v) is 7.94. The van der Waals surface area contributed by atoms with E-state index >= 15 is 0 Å². The van der Waals surface area contributed by atoms with Crippen molar-refractivity contribution in [1.29, 1.82) is 0 Å². The van der Waals surface area contributed by atoms with Crippen molar-refractivity contribution >= 4 is 22.6 Å². The number of hydrogen-bond acceptors (Lipinski definition) is 1. The van der Waals surface area contributed by atoms with Gasteiger partial charge in [0.15, 0.2) is 0 Å². The summed E-state index contributed by atoms with van der Waals surface area (Å²) in [5.74, 6) is 0. The Morgan fingerprint density at radius 3 is 2.60 bits per heavy atom. The summed E-state index contributed by atoms with van der Waals surface area (Å²) >= 11 is 2.14. The van der Waals surface area contributed by atoms with Crippen LogP contribution >= 0.6 is 22.6 Å². The van der Waals surface area contributed by atoms with Gasteiger partial charge < -0.3 is 4.98 Å². The van der Waals surface area contributed by atoms with Crippen LogP contribution in [0.1, 0.15) is 11.1 Å². The minimum atomic E-state index is -0.0463. The summed E-state index contributed by atoms with van der Waals surface area (Å²) in [7, 11) is 0. The molecule has 0 amide bonds. The first-order valence-electron chi connectivity index (χ1n) is 2.89. The lowest BCUT2D eigenvalue weighted by Crippen LogP contribution is -2.11. The number of hydrogen-bond donors (Lipinski definition) is 1. The molecule has 3 heteroatoms. The van der Waals surface area contributed by atoms with Crippen LogP contribution in [-0.2, 0) is 0 Å². The maximum atomic E-state index is 10.9. The molecule has 0 aliphatic carbocycles. The Morgan fingerprint density at radius 2 is 2.10 bits per heavy atom. The fraction of sp³-hybridized carbons (Fsp3) is 0.286. The van der Waals surface area contributed by atoms with E-state index in [1.54, 1.807) is 6.92 Å². The Morgan fingerprint density at radius 1 is 1.50 bits per heavy atom. The average Bonchev–Trinajstić information content (AvgIpc) is 1.93. The molecule has 0 unspecified atom stereocenters. The summed E-state index contributed by atoms with van der Waals surface area (Å²) in [6.45, 7) is 3.73. The number of aromatic nitrogens is 1. The number of H-pyrrole nitrogens is 1. The molecular formula is C7H7INO. The molecule has 0 aromatic carbocycles. The van der Waals surface area contributed by atoms with E-state index in [0.29, 0.717) is 0 Å². The van der Waals surface area contributed by atoms with Crippen molar-refractivity contribution in [3.8, 4) is 0 Å². The van der Waals surface area contributed by atoms with Crippen LogP contribution in [0.3, 0.4) is 0 Å². The molecule has 53 valence electrons. The molecule has 0 fully saturated rings. The minimum Gasteiger partial charge on any atom is -0.320 e. The molecule has 0 aliphatic rings. The quantitative estimate of drug-likeness (QED) is 0.691. The summed E-state index contributed by atoms with van der Waals surface area (Å²) in [5.41, 5.74) is 1.73. The van der Waals surface area contributed by atoms with Gasteiger partial charge in [0.2, 0.25) is 0 Å². The first-order chi connectivity index (χ1) is 4.63. The first-order valence-corrected chi connectivity index (χ1v) is 3.97. The van der Waals surface area contributed by atoms with E-state index in [2.05, 4.69) is 33.8 Å². The number of aromatic amines is 1. The van der Waals surface area contributed by atoms with Gasteiger partial charge in [-0.25, -0.2) is 0 Å². The summed E-state index contributed by atoms with van der Waals surface area (Å²) in [4.78, 5) is 13.4. The molecule has 0 aliphatic heterocycles.